The summed E-state index contributed by atoms with van der Waals surface area (Å²) in [5.74, 6) is 0.664. The van der Waals surface area contributed by atoms with E-state index in [9.17, 15) is 0 Å². The van der Waals surface area contributed by atoms with Crippen LogP contribution in [0.2, 0.25) is 0 Å². The number of benzene rings is 2. The molecule has 124 valence electrons. The van der Waals surface area contributed by atoms with E-state index < -0.39 is 0 Å². The molecule has 1 aliphatic carbocycles. The van der Waals surface area contributed by atoms with Gasteiger partial charge in [0.05, 0.1) is 0 Å². The molecule has 1 aromatic heterocycles. The molecule has 0 fully saturated rings. The summed E-state index contributed by atoms with van der Waals surface area (Å²) in [4.78, 5) is 4.53. The summed E-state index contributed by atoms with van der Waals surface area (Å²) in [6.07, 6.45) is 6.48. The fourth-order valence-electron chi connectivity index (χ4n) is 3.89. The molecular formula is C24H23N. The highest BCUT2D eigenvalue weighted by Crippen LogP contribution is 2.41. The van der Waals surface area contributed by atoms with Gasteiger partial charge in [-0.15, -0.1) is 0 Å². The minimum atomic E-state index is 0.664. The van der Waals surface area contributed by atoms with Crippen molar-refractivity contribution in [1.29, 1.82) is 0 Å². The first kappa shape index (κ1) is 15.8. The zero-order valence-corrected chi connectivity index (χ0v) is 14.4. The first-order chi connectivity index (χ1) is 12.4. The highest BCUT2D eigenvalue weighted by Gasteiger charge is 2.23. The van der Waals surface area contributed by atoms with Crippen LogP contribution in [0.25, 0.3) is 11.1 Å². The number of hydrogen-bond donors (Lipinski definition) is 0. The van der Waals surface area contributed by atoms with Crippen molar-refractivity contribution in [2.75, 3.05) is 0 Å². The fraction of sp³-hybridized carbons (Fsp3) is 0.208. The standard InChI is InChI=1S/C24H23N/c1-3-9-20(10-4-1)23-15-14-19(17-22-13-7-8-16-25-22)18-24(23)21-11-5-2-6-12-21/h1-13,16,19H,14-15,17-18H2/t19-/m0/s1. The van der Waals surface area contributed by atoms with E-state index in [1.165, 1.54) is 34.4 Å². The predicted octanol–water partition coefficient (Wildman–Crippen LogP) is 6.04. The molecule has 1 atom stereocenters. The molecule has 3 aromatic rings. The summed E-state index contributed by atoms with van der Waals surface area (Å²) in [5, 5.41) is 0. The average Bonchev–Trinajstić information content (AvgIpc) is 2.70. The van der Waals surface area contributed by atoms with E-state index in [1.807, 2.05) is 12.3 Å². The van der Waals surface area contributed by atoms with Crippen LogP contribution in [0.3, 0.4) is 0 Å². The Bertz CT molecular complexity index is 835. The van der Waals surface area contributed by atoms with Crippen molar-refractivity contribution in [3.05, 3.63) is 102 Å². The van der Waals surface area contributed by atoms with Crippen LogP contribution < -0.4 is 0 Å². The van der Waals surface area contributed by atoms with Crippen molar-refractivity contribution in [2.24, 2.45) is 5.92 Å². The highest BCUT2D eigenvalue weighted by atomic mass is 14.7. The van der Waals surface area contributed by atoms with Crippen molar-refractivity contribution < 1.29 is 0 Å². The molecule has 0 unspecified atom stereocenters. The zero-order chi connectivity index (χ0) is 16.9. The van der Waals surface area contributed by atoms with Crippen LogP contribution in [0.15, 0.2) is 85.1 Å². The molecule has 0 spiro atoms. The lowest BCUT2D eigenvalue weighted by molar-refractivity contribution is 0.485. The largest absolute Gasteiger partial charge is 0.261 e. The number of rotatable bonds is 4. The lowest BCUT2D eigenvalue weighted by atomic mass is 9.77. The Morgan fingerprint density at radius 1 is 0.720 bits per heavy atom. The van der Waals surface area contributed by atoms with Gasteiger partial charge < -0.3 is 0 Å². The van der Waals surface area contributed by atoms with Gasteiger partial charge in [-0.3, -0.25) is 4.98 Å². The molecule has 1 heterocycles. The van der Waals surface area contributed by atoms with E-state index >= 15 is 0 Å². The molecule has 4 rings (SSSR count). The Kier molecular flexibility index (Phi) is 4.74. The van der Waals surface area contributed by atoms with E-state index in [0.717, 1.165) is 19.3 Å². The monoisotopic (exact) mass is 325 g/mol. The van der Waals surface area contributed by atoms with Gasteiger partial charge in [0.1, 0.15) is 0 Å². The topological polar surface area (TPSA) is 12.9 Å². The maximum atomic E-state index is 4.53. The van der Waals surface area contributed by atoms with E-state index in [1.54, 1.807) is 0 Å². The summed E-state index contributed by atoms with van der Waals surface area (Å²) in [5.41, 5.74) is 6.98. The van der Waals surface area contributed by atoms with Gasteiger partial charge in [0.2, 0.25) is 0 Å². The Morgan fingerprint density at radius 3 is 2.00 bits per heavy atom. The third-order valence-corrected chi connectivity index (χ3v) is 5.13. The normalized spacial score (nSPS) is 17.5. The summed E-state index contributed by atoms with van der Waals surface area (Å²) < 4.78 is 0. The summed E-state index contributed by atoms with van der Waals surface area (Å²) >= 11 is 0. The highest BCUT2D eigenvalue weighted by molar-refractivity contribution is 5.91. The Labute approximate surface area is 150 Å². The lowest BCUT2D eigenvalue weighted by Crippen LogP contribution is -2.13. The molecule has 0 saturated heterocycles. The van der Waals surface area contributed by atoms with E-state index in [2.05, 4.69) is 77.8 Å². The molecule has 1 heteroatoms. The lowest BCUT2D eigenvalue weighted by Gasteiger charge is -2.28. The molecule has 0 aliphatic heterocycles. The zero-order valence-electron chi connectivity index (χ0n) is 14.4. The van der Waals surface area contributed by atoms with Crippen molar-refractivity contribution in [2.45, 2.75) is 25.7 Å². The van der Waals surface area contributed by atoms with Crippen molar-refractivity contribution in [1.82, 2.24) is 4.98 Å². The minimum absolute atomic E-state index is 0.664. The van der Waals surface area contributed by atoms with Crippen molar-refractivity contribution >= 4 is 11.1 Å². The van der Waals surface area contributed by atoms with Gasteiger partial charge in [-0.25, -0.2) is 0 Å². The predicted molar refractivity (Wildman–Crippen MR) is 105 cm³/mol. The third-order valence-electron chi connectivity index (χ3n) is 5.13. The quantitative estimate of drug-likeness (QED) is 0.570. The van der Waals surface area contributed by atoms with Gasteiger partial charge in [-0.1, -0.05) is 66.7 Å². The van der Waals surface area contributed by atoms with Crippen LogP contribution in [0.5, 0.6) is 0 Å². The first-order valence-electron chi connectivity index (χ1n) is 9.13. The van der Waals surface area contributed by atoms with E-state index in [-0.39, 0.29) is 0 Å². The number of allylic oxidation sites excluding steroid dienone is 2. The van der Waals surface area contributed by atoms with Crippen LogP contribution in [0.1, 0.15) is 36.1 Å². The van der Waals surface area contributed by atoms with E-state index in [4.69, 9.17) is 0 Å². The summed E-state index contributed by atoms with van der Waals surface area (Å²) in [6.45, 7) is 0. The van der Waals surface area contributed by atoms with Gasteiger partial charge in [0, 0.05) is 11.9 Å². The van der Waals surface area contributed by atoms with Gasteiger partial charge in [-0.05, 0) is 66.0 Å². The number of aromatic nitrogens is 1. The molecule has 0 bridgehead atoms. The van der Waals surface area contributed by atoms with Crippen LogP contribution in [-0.4, -0.2) is 4.98 Å². The first-order valence-corrected chi connectivity index (χ1v) is 9.13. The molecule has 0 radical (unpaired) electrons. The number of nitrogens with zero attached hydrogens (tertiary/aromatic N) is 1. The van der Waals surface area contributed by atoms with Crippen LogP contribution in [-0.2, 0) is 6.42 Å². The summed E-state index contributed by atoms with van der Waals surface area (Å²) in [6, 6.07) is 28.0. The molecule has 0 saturated carbocycles. The second-order valence-electron chi connectivity index (χ2n) is 6.82. The van der Waals surface area contributed by atoms with Crippen molar-refractivity contribution in [3.8, 4) is 0 Å². The van der Waals surface area contributed by atoms with Gasteiger partial charge in [-0.2, -0.15) is 0 Å². The van der Waals surface area contributed by atoms with Crippen LogP contribution in [0, 0.1) is 5.92 Å². The third kappa shape index (κ3) is 3.71. The Morgan fingerprint density at radius 2 is 1.36 bits per heavy atom. The smallest absolute Gasteiger partial charge is 0.0406 e. The molecule has 1 aliphatic rings. The summed E-state index contributed by atoms with van der Waals surface area (Å²) in [7, 11) is 0. The Hall–Kier alpha value is -2.67. The maximum absolute atomic E-state index is 4.53. The van der Waals surface area contributed by atoms with Gasteiger partial charge in [0.25, 0.3) is 0 Å². The molecular weight excluding hydrogens is 302 g/mol. The minimum Gasteiger partial charge on any atom is -0.261 e. The van der Waals surface area contributed by atoms with Crippen LogP contribution in [0.4, 0.5) is 0 Å². The van der Waals surface area contributed by atoms with Gasteiger partial charge in [0.15, 0.2) is 0 Å². The molecule has 2 aromatic carbocycles. The molecule has 0 amide bonds. The Balaban J connectivity index is 1.67. The molecule has 25 heavy (non-hydrogen) atoms. The van der Waals surface area contributed by atoms with Crippen LogP contribution >= 0.6 is 0 Å². The number of pyridine rings is 1. The maximum Gasteiger partial charge on any atom is 0.0406 e. The fourth-order valence-corrected chi connectivity index (χ4v) is 3.89. The second-order valence-corrected chi connectivity index (χ2v) is 6.82. The van der Waals surface area contributed by atoms with E-state index in [0.29, 0.717) is 5.92 Å². The molecule has 0 N–H and O–H groups in total. The second kappa shape index (κ2) is 7.48. The molecule has 1 nitrogen and oxygen atoms in total. The SMILES string of the molecule is c1ccc(C2=C(c3ccccc3)C[C@H](Cc3ccccn3)CC2)cc1. The van der Waals surface area contributed by atoms with Gasteiger partial charge >= 0.3 is 0 Å². The average molecular weight is 325 g/mol. The number of hydrogen-bond acceptors (Lipinski definition) is 1. The van der Waals surface area contributed by atoms with Crippen molar-refractivity contribution in [3.63, 3.8) is 0 Å².